The van der Waals surface area contributed by atoms with Gasteiger partial charge in [-0.05, 0) is 29.7 Å². The number of carbonyl (C=O) groups excluding carboxylic acids is 1. The average Bonchev–Trinajstić information content (AvgIpc) is 2.38. The number of hydrogen-bond donors (Lipinski definition) is 2. The first kappa shape index (κ1) is 16.0. The van der Waals surface area contributed by atoms with Gasteiger partial charge < -0.3 is 15.4 Å². The fourth-order valence-electron chi connectivity index (χ4n) is 2.66. The number of ether oxygens (including phenoxy) is 1. The molecule has 116 valence electrons. The molecule has 1 heterocycles. The van der Waals surface area contributed by atoms with Gasteiger partial charge in [-0.1, -0.05) is 13.8 Å². The summed E-state index contributed by atoms with van der Waals surface area (Å²) in [4.78, 5) is 11.2. The zero-order chi connectivity index (χ0) is 15.5. The maximum absolute atomic E-state index is 11.2. The van der Waals surface area contributed by atoms with Crippen LogP contribution in [0.3, 0.4) is 0 Å². The molecule has 0 aromatic heterocycles. The van der Waals surface area contributed by atoms with Crippen LogP contribution in [0.15, 0.2) is 18.2 Å². The molecule has 21 heavy (non-hydrogen) atoms. The van der Waals surface area contributed by atoms with Crippen LogP contribution in [0.5, 0.6) is 5.75 Å². The number of benzene rings is 1. The minimum atomic E-state index is -0.0977. The van der Waals surface area contributed by atoms with E-state index in [0.717, 1.165) is 17.9 Å². The van der Waals surface area contributed by atoms with Gasteiger partial charge in [0.05, 0.1) is 12.8 Å². The quantitative estimate of drug-likeness (QED) is 0.892. The van der Waals surface area contributed by atoms with Gasteiger partial charge in [0.15, 0.2) is 0 Å². The van der Waals surface area contributed by atoms with E-state index in [9.17, 15) is 4.79 Å². The Kier molecular flexibility index (Phi) is 5.04. The molecule has 2 N–H and O–H groups in total. The van der Waals surface area contributed by atoms with E-state index in [1.165, 1.54) is 12.7 Å². The average molecular weight is 308 g/mol. The summed E-state index contributed by atoms with van der Waals surface area (Å²) in [5, 5.41) is 6.35. The van der Waals surface area contributed by atoms with Crippen molar-refractivity contribution in [2.45, 2.75) is 33.2 Å². The van der Waals surface area contributed by atoms with Crippen LogP contribution in [0.4, 0.5) is 11.4 Å². The lowest BCUT2D eigenvalue weighted by Gasteiger charge is -2.35. The molecule has 1 saturated heterocycles. The van der Waals surface area contributed by atoms with E-state index < -0.39 is 0 Å². The highest BCUT2D eigenvalue weighted by molar-refractivity contribution is 7.99. The van der Waals surface area contributed by atoms with E-state index in [1.807, 2.05) is 30.0 Å². The van der Waals surface area contributed by atoms with Crippen molar-refractivity contribution in [1.82, 2.24) is 0 Å². The number of nitrogens with one attached hydrogen (secondary N) is 2. The molecule has 0 spiro atoms. The van der Waals surface area contributed by atoms with Gasteiger partial charge >= 0.3 is 0 Å². The predicted octanol–water partition coefficient (Wildman–Crippen LogP) is 3.60. The van der Waals surface area contributed by atoms with E-state index >= 15 is 0 Å². The first-order chi connectivity index (χ1) is 9.89. The van der Waals surface area contributed by atoms with E-state index in [-0.39, 0.29) is 5.91 Å². The standard InChI is InChI=1S/C16H24N2O2S/c1-11(19)17-14-6-5-12(7-15(14)20-4)18-13-8-16(2,3)10-21-9-13/h5-7,13,18H,8-10H2,1-4H3,(H,17,19). The fourth-order valence-corrected chi connectivity index (χ4v) is 3.94. The number of methoxy groups -OCH3 is 1. The number of thioether (sulfide) groups is 1. The first-order valence-electron chi connectivity index (χ1n) is 7.19. The van der Waals surface area contributed by atoms with Crippen molar-refractivity contribution in [3.8, 4) is 5.75 Å². The van der Waals surface area contributed by atoms with Crippen LogP contribution in [0.2, 0.25) is 0 Å². The van der Waals surface area contributed by atoms with E-state index in [1.54, 1.807) is 7.11 Å². The monoisotopic (exact) mass is 308 g/mol. The number of hydrogen-bond acceptors (Lipinski definition) is 4. The van der Waals surface area contributed by atoms with E-state index in [0.29, 0.717) is 22.9 Å². The lowest BCUT2D eigenvalue weighted by atomic mass is 9.88. The van der Waals surface area contributed by atoms with Crippen molar-refractivity contribution >= 4 is 29.0 Å². The summed E-state index contributed by atoms with van der Waals surface area (Å²) in [5.74, 6) is 2.92. The first-order valence-corrected chi connectivity index (χ1v) is 8.35. The molecule has 1 aliphatic heterocycles. The normalized spacial score (nSPS) is 20.7. The summed E-state index contributed by atoms with van der Waals surface area (Å²) in [6.07, 6.45) is 1.16. The molecule has 0 saturated carbocycles. The van der Waals surface area contributed by atoms with Crippen molar-refractivity contribution in [3.05, 3.63) is 18.2 Å². The Hall–Kier alpha value is -1.36. The van der Waals surface area contributed by atoms with Crippen LogP contribution in [-0.2, 0) is 4.79 Å². The summed E-state index contributed by atoms with van der Waals surface area (Å²) in [6, 6.07) is 6.27. The van der Waals surface area contributed by atoms with E-state index in [4.69, 9.17) is 4.74 Å². The molecule has 1 aliphatic rings. The molecular formula is C16H24N2O2S. The van der Waals surface area contributed by atoms with Crippen molar-refractivity contribution in [1.29, 1.82) is 0 Å². The number of amides is 1. The largest absolute Gasteiger partial charge is 0.494 e. The minimum absolute atomic E-state index is 0.0977. The Balaban J connectivity index is 2.08. The second-order valence-electron chi connectivity index (χ2n) is 6.32. The number of anilines is 2. The summed E-state index contributed by atoms with van der Waals surface area (Å²) in [5.41, 5.74) is 2.11. The molecule has 2 rings (SSSR count). The van der Waals surface area contributed by atoms with Gasteiger partial charge in [-0.25, -0.2) is 0 Å². The predicted molar refractivity (Wildman–Crippen MR) is 90.4 cm³/mol. The molecule has 1 fully saturated rings. The lowest BCUT2D eigenvalue weighted by Crippen LogP contribution is -2.35. The Labute approximate surface area is 131 Å². The van der Waals surface area contributed by atoms with Crippen LogP contribution >= 0.6 is 11.8 Å². The van der Waals surface area contributed by atoms with Crippen molar-refractivity contribution < 1.29 is 9.53 Å². The maximum atomic E-state index is 11.2. The van der Waals surface area contributed by atoms with Gasteiger partial charge in [0, 0.05) is 30.5 Å². The Bertz CT molecular complexity index is 517. The Morgan fingerprint density at radius 1 is 1.43 bits per heavy atom. The van der Waals surface area contributed by atoms with Gasteiger partial charge in [0.25, 0.3) is 0 Å². The molecule has 5 heteroatoms. The van der Waals surface area contributed by atoms with E-state index in [2.05, 4.69) is 24.5 Å². The molecule has 0 radical (unpaired) electrons. The lowest BCUT2D eigenvalue weighted by molar-refractivity contribution is -0.114. The Morgan fingerprint density at radius 2 is 2.19 bits per heavy atom. The van der Waals surface area contributed by atoms with Crippen molar-refractivity contribution in [2.75, 3.05) is 29.2 Å². The van der Waals surface area contributed by atoms with Crippen molar-refractivity contribution in [3.63, 3.8) is 0 Å². The van der Waals surface area contributed by atoms with Gasteiger partial charge in [-0.3, -0.25) is 4.79 Å². The molecule has 4 nitrogen and oxygen atoms in total. The second kappa shape index (κ2) is 6.60. The summed E-state index contributed by atoms with van der Waals surface area (Å²) < 4.78 is 5.36. The van der Waals surface area contributed by atoms with Crippen LogP contribution in [0.25, 0.3) is 0 Å². The highest BCUT2D eigenvalue weighted by atomic mass is 32.2. The molecule has 0 bridgehead atoms. The van der Waals surface area contributed by atoms with Crippen LogP contribution in [0.1, 0.15) is 27.2 Å². The SMILES string of the molecule is COc1cc(NC2CSCC(C)(C)C2)ccc1NC(C)=O. The highest BCUT2D eigenvalue weighted by Gasteiger charge is 2.28. The van der Waals surface area contributed by atoms with Gasteiger partial charge in [0.2, 0.25) is 5.91 Å². The molecule has 0 aliphatic carbocycles. The topological polar surface area (TPSA) is 50.4 Å². The maximum Gasteiger partial charge on any atom is 0.221 e. The second-order valence-corrected chi connectivity index (χ2v) is 7.35. The summed E-state index contributed by atoms with van der Waals surface area (Å²) >= 11 is 2.00. The molecule has 1 aromatic carbocycles. The molecule has 1 unspecified atom stereocenters. The number of carbonyl (C=O) groups is 1. The fraction of sp³-hybridized carbons (Fsp3) is 0.562. The van der Waals surface area contributed by atoms with Crippen LogP contribution in [0, 0.1) is 5.41 Å². The van der Waals surface area contributed by atoms with Gasteiger partial charge in [-0.2, -0.15) is 11.8 Å². The summed E-state index contributed by atoms with van der Waals surface area (Å²) in [6.45, 7) is 6.12. The third-order valence-electron chi connectivity index (χ3n) is 3.49. The zero-order valence-corrected chi connectivity index (χ0v) is 14.0. The highest BCUT2D eigenvalue weighted by Crippen LogP contribution is 2.35. The van der Waals surface area contributed by atoms with Crippen LogP contribution < -0.4 is 15.4 Å². The molecule has 1 amide bonds. The third kappa shape index (κ3) is 4.56. The zero-order valence-electron chi connectivity index (χ0n) is 13.2. The third-order valence-corrected chi connectivity index (χ3v) is 5.12. The minimum Gasteiger partial charge on any atom is -0.494 e. The molecular weight excluding hydrogens is 284 g/mol. The molecule has 1 atom stereocenters. The van der Waals surface area contributed by atoms with Gasteiger partial charge in [-0.15, -0.1) is 0 Å². The van der Waals surface area contributed by atoms with Crippen molar-refractivity contribution in [2.24, 2.45) is 5.41 Å². The number of rotatable bonds is 4. The Morgan fingerprint density at radius 3 is 2.81 bits per heavy atom. The van der Waals surface area contributed by atoms with Crippen LogP contribution in [-0.4, -0.2) is 30.6 Å². The van der Waals surface area contributed by atoms with Gasteiger partial charge in [0.1, 0.15) is 5.75 Å². The smallest absolute Gasteiger partial charge is 0.221 e. The summed E-state index contributed by atoms with van der Waals surface area (Å²) in [7, 11) is 1.62. The molecule has 1 aromatic rings.